The van der Waals surface area contributed by atoms with Gasteiger partial charge in [-0.15, -0.1) is 5.11 Å². The quantitative estimate of drug-likeness (QED) is 0.354. The molecule has 8 nitrogen and oxygen atoms in total. The fraction of sp³-hybridized carbons (Fsp3) is 0.192. The van der Waals surface area contributed by atoms with Crippen molar-refractivity contribution >= 4 is 12.1 Å². The second-order valence-electron chi connectivity index (χ2n) is 7.90. The maximum Gasteiger partial charge on any atom is 0.180 e. The van der Waals surface area contributed by atoms with Crippen LogP contribution >= 0.6 is 0 Å². The van der Waals surface area contributed by atoms with Gasteiger partial charge in [-0.3, -0.25) is 4.79 Å². The Balaban J connectivity index is 1.48. The number of aromatic nitrogens is 4. The molecule has 1 aliphatic heterocycles. The lowest BCUT2D eigenvalue weighted by atomic mass is 9.98. The first-order valence-corrected chi connectivity index (χ1v) is 11.2. The molecule has 0 amide bonds. The number of imidazole rings is 1. The van der Waals surface area contributed by atoms with Gasteiger partial charge in [0.2, 0.25) is 0 Å². The highest BCUT2D eigenvalue weighted by atomic mass is 16.1. The van der Waals surface area contributed by atoms with Gasteiger partial charge in [-0.2, -0.15) is 5.11 Å². The average Bonchev–Trinajstić information content (AvgIpc) is 3.54. The van der Waals surface area contributed by atoms with E-state index in [1.807, 2.05) is 22.8 Å². The number of hydrogen-bond donors (Lipinski definition) is 0. The second-order valence-corrected chi connectivity index (χ2v) is 7.90. The van der Waals surface area contributed by atoms with E-state index in [1.54, 1.807) is 18.5 Å². The number of azo groups is 1. The van der Waals surface area contributed by atoms with Crippen molar-refractivity contribution in [2.75, 3.05) is 6.67 Å². The molecule has 0 atom stereocenters. The topological polar surface area (TPSA) is 97.8 Å². The van der Waals surface area contributed by atoms with Crippen molar-refractivity contribution < 1.29 is 4.79 Å². The van der Waals surface area contributed by atoms with Crippen molar-refractivity contribution in [3.8, 4) is 22.6 Å². The summed E-state index contributed by atoms with van der Waals surface area (Å²) in [5.74, 6) is 1.97. The molecule has 34 heavy (non-hydrogen) atoms. The molecule has 1 aliphatic rings. The SMILES string of the molecule is CCCc1nc(-c2ncccn2)c(C=O)n1Cc1ccc(-c2ccccc2C2=NCN=N2)cc1. The number of aryl methyl sites for hydroxylation is 1. The van der Waals surface area contributed by atoms with Gasteiger partial charge < -0.3 is 4.57 Å². The molecule has 2 aromatic heterocycles. The minimum absolute atomic E-state index is 0.378. The fourth-order valence-electron chi connectivity index (χ4n) is 4.08. The first kappa shape index (κ1) is 21.5. The Labute approximate surface area is 197 Å². The van der Waals surface area contributed by atoms with Crippen molar-refractivity contribution in [2.24, 2.45) is 15.2 Å². The summed E-state index contributed by atoms with van der Waals surface area (Å²) in [6.45, 7) is 3.01. The highest BCUT2D eigenvalue weighted by Gasteiger charge is 2.20. The second kappa shape index (κ2) is 9.66. The number of nitrogens with zero attached hydrogens (tertiary/aromatic N) is 7. The molecule has 0 aliphatic carbocycles. The summed E-state index contributed by atoms with van der Waals surface area (Å²) in [7, 11) is 0. The zero-order valence-corrected chi connectivity index (χ0v) is 18.8. The van der Waals surface area contributed by atoms with Crippen LogP contribution in [0.5, 0.6) is 0 Å². The summed E-state index contributed by atoms with van der Waals surface area (Å²) in [5.41, 5.74) is 5.17. The van der Waals surface area contributed by atoms with Crippen LogP contribution in [-0.2, 0) is 13.0 Å². The van der Waals surface area contributed by atoms with Gasteiger partial charge >= 0.3 is 0 Å². The maximum atomic E-state index is 12.1. The van der Waals surface area contributed by atoms with Gasteiger partial charge in [-0.05, 0) is 29.2 Å². The zero-order chi connectivity index (χ0) is 23.3. The zero-order valence-electron chi connectivity index (χ0n) is 18.8. The molecule has 0 spiro atoms. The van der Waals surface area contributed by atoms with E-state index in [0.29, 0.717) is 36.3 Å². The number of carbonyl (C=O) groups is 1. The fourth-order valence-corrected chi connectivity index (χ4v) is 4.08. The Morgan fingerprint density at radius 1 is 0.971 bits per heavy atom. The Hall–Kier alpha value is -4.33. The lowest BCUT2D eigenvalue weighted by Gasteiger charge is -2.11. The van der Waals surface area contributed by atoms with Crippen LogP contribution in [0.15, 0.2) is 82.2 Å². The third-order valence-corrected chi connectivity index (χ3v) is 5.67. The lowest BCUT2D eigenvalue weighted by molar-refractivity contribution is 0.111. The van der Waals surface area contributed by atoms with Crippen LogP contribution in [-0.4, -0.2) is 38.3 Å². The Morgan fingerprint density at radius 2 is 1.74 bits per heavy atom. The van der Waals surface area contributed by atoms with Gasteiger partial charge in [-0.25, -0.2) is 19.9 Å². The molecule has 3 heterocycles. The number of aldehydes is 1. The third kappa shape index (κ3) is 4.17. The van der Waals surface area contributed by atoms with Crippen LogP contribution in [0.1, 0.15) is 40.8 Å². The molecule has 5 rings (SSSR count). The average molecular weight is 450 g/mol. The first-order valence-electron chi connectivity index (χ1n) is 11.2. The molecule has 0 bridgehead atoms. The van der Waals surface area contributed by atoms with E-state index in [9.17, 15) is 4.79 Å². The number of hydrogen-bond acceptors (Lipinski definition) is 7. The smallest absolute Gasteiger partial charge is 0.180 e. The standard InChI is InChI=1S/C26H23N7O/c1-2-6-23-31-24(26-27-13-5-14-28-26)22(16-34)33(23)15-18-9-11-19(12-10-18)20-7-3-4-8-21(20)25-29-17-30-32-25/h3-5,7-14,16H,2,6,15,17H2,1H3. The lowest BCUT2D eigenvalue weighted by Crippen LogP contribution is -2.09. The summed E-state index contributed by atoms with van der Waals surface area (Å²) in [6.07, 6.45) is 5.84. The first-order chi connectivity index (χ1) is 16.8. The highest BCUT2D eigenvalue weighted by molar-refractivity contribution is 6.05. The summed E-state index contributed by atoms with van der Waals surface area (Å²) in [4.78, 5) is 29.8. The highest BCUT2D eigenvalue weighted by Crippen LogP contribution is 2.27. The van der Waals surface area contributed by atoms with E-state index in [-0.39, 0.29) is 0 Å². The molecule has 168 valence electrons. The molecule has 0 saturated carbocycles. The molecule has 0 fully saturated rings. The van der Waals surface area contributed by atoms with Gasteiger partial charge in [0.25, 0.3) is 0 Å². The Bertz CT molecular complexity index is 1370. The van der Waals surface area contributed by atoms with E-state index in [1.165, 1.54) is 0 Å². The number of aliphatic imine (C=N–C) groups is 1. The number of carbonyl (C=O) groups excluding carboxylic acids is 1. The Morgan fingerprint density at radius 3 is 2.41 bits per heavy atom. The number of rotatable bonds is 8. The summed E-state index contributed by atoms with van der Waals surface area (Å²) < 4.78 is 1.97. The van der Waals surface area contributed by atoms with Crippen LogP contribution in [0.25, 0.3) is 22.6 Å². The summed E-state index contributed by atoms with van der Waals surface area (Å²) >= 11 is 0. The van der Waals surface area contributed by atoms with E-state index in [2.05, 4.69) is 62.4 Å². The molecule has 2 aromatic carbocycles. The van der Waals surface area contributed by atoms with Gasteiger partial charge in [-0.1, -0.05) is 55.5 Å². The van der Waals surface area contributed by atoms with Crippen LogP contribution in [0.3, 0.4) is 0 Å². The Kier molecular flexibility index (Phi) is 6.11. The van der Waals surface area contributed by atoms with Crippen LogP contribution in [0, 0.1) is 0 Å². The molecular weight excluding hydrogens is 426 g/mol. The van der Waals surface area contributed by atoms with E-state index in [4.69, 9.17) is 4.98 Å². The van der Waals surface area contributed by atoms with Gasteiger partial charge in [0.05, 0.1) is 0 Å². The van der Waals surface area contributed by atoms with E-state index < -0.39 is 0 Å². The molecule has 0 saturated heterocycles. The minimum Gasteiger partial charge on any atom is -0.321 e. The minimum atomic E-state index is 0.378. The van der Waals surface area contributed by atoms with Crippen LogP contribution in [0.2, 0.25) is 0 Å². The van der Waals surface area contributed by atoms with Crippen molar-refractivity contribution in [3.05, 3.63) is 89.6 Å². The predicted molar refractivity (Wildman–Crippen MR) is 130 cm³/mol. The molecule has 0 radical (unpaired) electrons. The van der Waals surface area contributed by atoms with Gasteiger partial charge in [0.15, 0.2) is 24.6 Å². The maximum absolute atomic E-state index is 12.1. The van der Waals surface area contributed by atoms with E-state index in [0.717, 1.165) is 47.2 Å². The summed E-state index contributed by atoms with van der Waals surface area (Å²) in [6, 6.07) is 18.1. The van der Waals surface area contributed by atoms with Crippen molar-refractivity contribution in [1.82, 2.24) is 19.5 Å². The monoisotopic (exact) mass is 449 g/mol. The number of benzene rings is 2. The largest absolute Gasteiger partial charge is 0.321 e. The predicted octanol–water partition coefficient (Wildman–Crippen LogP) is 4.99. The molecule has 4 aromatic rings. The van der Waals surface area contributed by atoms with Crippen LogP contribution in [0.4, 0.5) is 0 Å². The third-order valence-electron chi connectivity index (χ3n) is 5.67. The molecule has 0 N–H and O–H groups in total. The molecule has 0 unspecified atom stereocenters. The molecule has 8 heteroatoms. The van der Waals surface area contributed by atoms with Gasteiger partial charge in [0, 0.05) is 30.9 Å². The summed E-state index contributed by atoms with van der Waals surface area (Å²) in [5, 5.41) is 8.14. The molecular formula is C26H23N7O. The van der Waals surface area contributed by atoms with Gasteiger partial charge in [0.1, 0.15) is 17.2 Å². The van der Waals surface area contributed by atoms with Crippen molar-refractivity contribution in [2.45, 2.75) is 26.3 Å². The van der Waals surface area contributed by atoms with E-state index >= 15 is 0 Å². The van der Waals surface area contributed by atoms with Crippen molar-refractivity contribution in [1.29, 1.82) is 0 Å². The van der Waals surface area contributed by atoms with Crippen LogP contribution < -0.4 is 0 Å². The normalized spacial score (nSPS) is 12.7. The van der Waals surface area contributed by atoms with Crippen molar-refractivity contribution in [3.63, 3.8) is 0 Å². The number of amidine groups is 1.